The summed E-state index contributed by atoms with van der Waals surface area (Å²) in [7, 11) is 0. The van der Waals surface area contributed by atoms with Crippen LogP contribution in [-0.2, 0) is 21.7 Å². The van der Waals surface area contributed by atoms with Gasteiger partial charge in [-0.2, -0.15) is 5.26 Å². The summed E-state index contributed by atoms with van der Waals surface area (Å²) in [5.74, 6) is -0.673. The van der Waals surface area contributed by atoms with Gasteiger partial charge in [-0.1, -0.05) is 24.3 Å². The lowest BCUT2D eigenvalue weighted by Gasteiger charge is -2.24. The molecule has 0 spiro atoms. The highest BCUT2D eigenvalue weighted by molar-refractivity contribution is 5.33. The van der Waals surface area contributed by atoms with Gasteiger partial charge < -0.3 is 9.47 Å². The van der Waals surface area contributed by atoms with Crippen LogP contribution < -0.4 is 0 Å². The average molecular weight is 203 g/mol. The highest BCUT2D eigenvalue weighted by Crippen LogP contribution is 2.33. The van der Waals surface area contributed by atoms with Crippen LogP contribution in [0.5, 0.6) is 0 Å². The lowest BCUT2D eigenvalue weighted by Crippen LogP contribution is -2.24. The van der Waals surface area contributed by atoms with Crippen LogP contribution in [0.3, 0.4) is 0 Å². The van der Waals surface area contributed by atoms with E-state index >= 15 is 0 Å². The Kier molecular flexibility index (Phi) is 2.72. The van der Waals surface area contributed by atoms with E-state index in [1.807, 2.05) is 31.2 Å². The summed E-state index contributed by atoms with van der Waals surface area (Å²) < 4.78 is 11.2. The van der Waals surface area contributed by atoms with Crippen molar-refractivity contribution >= 4 is 0 Å². The number of benzene rings is 1. The summed E-state index contributed by atoms with van der Waals surface area (Å²) in [6, 6.07) is 9.91. The second-order valence-corrected chi connectivity index (χ2v) is 3.63. The monoisotopic (exact) mass is 203 g/mol. The van der Waals surface area contributed by atoms with Crippen molar-refractivity contribution in [2.45, 2.75) is 19.1 Å². The van der Waals surface area contributed by atoms with Crippen molar-refractivity contribution in [3.05, 3.63) is 35.4 Å². The van der Waals surface area contributed by atoms with Gasteiger partial charge in [-0.25, -0.2) is 0 Å². The highest BCUT2D eigenvalue weighted by Gasteiger charge is 2.34. The van der Waals surface area contributed by atoms with Crippen molar-refractivity contribution in [1.82, 2.24) is 0 Å². The summed E-state index contributed by atoms with van der Waals surface area (Å²) in [5, 5.41) is 8.74. The van der Waals surface area contributed by atoms with Gasteiger partial charge in [-0.15, -0.1) is 0 Å². The van der Waals surface area contributed by atoms with E-state index in [1.54, 1.807) is 0 Å². The minimum absolute atomic E-state index is 0.387. The highest BCUT2D eigenvalue weighted by atomic mass is 16.7. The second kappa shape index (κ2) is 4.01. The maximum atomic E-state index is 8.74. The standard InChI is InChI=1S/C12H13NO2/c1-12(14-8-9-15-12)11-5-3-2-4-10(11)6-7-13/h2-5H,6,8-9H2,1H3. The summed E-state index contributed by atoms with van der Waals surface area (Å²) in [4.78, 5) is 0. The zero-order valence-corrected chi connectivity index (χ0v) is 8.69. The minimum Gasteiger partial charge on any atom is -0.344 e. The summed E-state index contributed by atoms with van der Waals surface area (Å²) in [5.41, 5.74) is 1.94. The first-order chi connectivity index (χ1) is 7.26. The molecule has 0 unspecified atom stereocenters. The van der Waals surface area contributed by atoms with E-state index < -0.39 is 5.79 Å². The van der Waals surface area contributed by atoms with Crippen LogP contribution in [-0.4, -0.2) is 13.2 Å². The Labute approximate surface area is 89.2 Å². The van der Waals surface area contributed by atoms with Gasteiger partial charge in [0.1, 0.15) is 0 Å². The smallest absolute Gasteiger partial charge is 0.192 e. The maximum absolute atomic E-state index is 8.74. The van der Waals surface area contributed by atoms with E-state index in [2.05, 4.69) is 6.07 Å². The van der Waals surface area contributed by atoms with Crippen molar-refractivity contribution in [3.63, 3.8) is 0 Å². The van der Waals surface area contributed by atoms with Gasteiger partial charge in [0, 0.05) is 5.56 Å². The third-order valence-electron chi connectivity index (χ3n) is 2.61. The Morgan fingerprint density at radius 1 is 1.33 bits per heavy atom. The molecule has 78 valence electrons. The Morgan fingerprint density at radius 3 is 2.67 bits per heavy atom. The van der Waals surface area contributed by atoms with Crippen molar-refractivity contribution in [2.75, 3.05) is 13.2 Å². The van der Waals surface area contributed by atoms with Crippen LogP contribution in [0.1, 0.15) is 18.1 Å². The number of hydrogen-bond donors (Lipinski definition) is 0. The fraction of sp³-hybridized carbons (Fsp3) is 0.417. The average Bonchev–Trinajstić information content (AvgIpc) is 2.68. The minimum atomic E-state index is -0.673. The quantitative estimate of drug-likeness (QED) is 0.738. The molecule has 0 aromatic heterocycles. The normalized spacial score (nSPS) is 18.7. The van der Waals surface area contributed by atoms with E-state index in [0.29, 0.717) is 19.6 Å². The van der Waals surface area contributed by atoms with Gasteiger partial charge in [-0.05, 0) is 12.5 Å². The fourth-order valence-electron chi connectivity index (χ4n) is 1.87. The zero-order valence-electron chi connectivity index (χ0n) is 8.69. The molecule has 3 heteroatoms. The van der Waals surface area contributed by atoms with E-state index in [4.69, 9.17) is 14.7 Å². The van der Waals surface area contributed by atoms with Crippen molar-refractivity contribution in [3.8, 4) is 6.07 Å². The molecule has 0 bridgehead atoms. The van der Waals surface area contributed by atoms with Gasteiger partial charge in [0.25, 0.3) is 0 Å². The predicted octanol–water partition coefficient (Wildman–Crippen LogP) is 1.97. The lowest BCUT2D eigenvalue weighted by molar-refractivity contribution is -0.150. The van der Waals surface area contributed by atoms with Crippen LogP contribution in [0.4, 0.5) is 0 Å². The van der Waals surface area contributed by atoms with Crippen molar-refractivity contribution < 1.29 is 9.47 Å². The van der Waals surface area contributed by atoms with Gasteiger partial charge in [0.05, 0.1) is 25.7 Å². The Bertz CT molecular complexity index is 389. The molecular weight excluding hydrogens is 190 g/mol. The first kappa shape index (κ1) is 10.2. The third kappa shape index (κ3) is 1.87. The molecule has 1 aromatic carbocycles. The molecule has 1 aliphatic rings. The molecule has 15 heavy (non-hydrogen) atoms. The van der Waals surface area contributed by atoms with Crippen LogP contribution in [0.2, 0.25) is 0 Å². The topological polar surface area (TPSA) is 42.2 Å². The molecular formula is C12H13NO2. The molecule has 0 amide bonds. The third-order valence-corrected chi connectivity index (χ3v) is 2.61. The van der Waals surface area contributed by atoms with Crippen LogP contribution >= 0.6 is 0 Å². The first-order valence-electron chi connectivity index (χ1n) is 4.99. The van der Waals surface area contributed by atoms with Crippen LogP contribution in [0, 0.1) is 11.3 Å². The number of nitrogens with zero attached hydrogens (tertiary/aromatic N) is 1. The van der Waals surface area contributed by atoms with E-state index in [-0.39, 0.29) is 0 Å². The molecule has 1 heterocycles. The van der Waals surface area contributed by atoms with Crippen molar-refractivity contribution in [1.29, 1.82) is 5.26 Å². The molecule has 1 fully saturated rings. The van der Waals surface area contributed by atoms with Crippen LogP contribution in [0.15, 0.2) is 24.3 Å². The molecule has 2 rings (SSSR count). The summed E-state index contributed by atoms with van der Waals surface area (Å²) >= 11 is 0. The number of rotatable bonds is 2. The number of hydrogen-bond acceptors (Lipinski definition) is 3. The SMILES string of the molecule is CC1(c2ccccc2CC#N)OCCO1. The fourth-order valence-corrected chi connectivity index (χ4v) is 1.87. The second-order valence-electron chi connectivity index (χ2n) is 3.63. The number of ether oxygens (including phenoxy) is 2. The van der Waals surface area contributed by atoms with Gasteiger partial charge in [0.2, 0.25) is 0 Å². The Hall–Kier alpha value is -1.37. The molecule has 0 saturated carbocycles. The summed E-state index contributed by atoms with van der Waals surface area (Å²) in [6.45, 7) is 3.12. The van der Waals surface area contributed by atoms with Crippen molar-refractivity contribution in [2.24, 2.45) is 0 Å². The molecule has 1 aliphatic heterocycles. The molecule has 0 radical (unpaired) electrons. The lowest BCUT2D eigenvalue weighted by atomic mass is 9.99. The van der Waals surface area contributed by atoms with Crippen LogP contribution in [0.25, 0.3) is 0 Å². The molecule has 0 aliphatic carbocycles. The van der Waals surface area contributed by atoms with E-state index in [0.717, 1.165) is 11.1 Å². The Morgan fingerprint density at radius 2 is 2.00 bits per heavy atom. The molecule has 0 N–H and O–H groups in total. The zero-order chi connectivity index (χ0) is 10.7. The van der Waals surface area contributed by atoms with Gasteiger partial charge in [0.15, 0.2) is 5.79 Å². The van der Waals surface area contributed by atoms with E-state index in [9.17, 15) is 0 Å². The molecule has 3 nitrogen and oxygen atoms in total. The maximum Gasteiger partial charge on any atom is 0.192 e. The molecule has 1 saturated heterocycles. The van der Waals surface area contributed by atoms with E-state index in [1.165, 1.54) is 0 Å². The summed E-state index contributed by atoms with van der Waals surface area (Å²) in [6.07, 6.45) is 0.387. The molecule has 1 aromatic rings. The number of nitriles is 1. The predicted molar refractivity (Wildman–Crippen MR) is 55.0 cm³/mol. The Balaban J connectivity index is 2.38. The molecule has 0 atom stereocenters. The van der Waals surface area contributed by atoms with Gasteiger partial charge >= 0.3 is 0 Å². The first-order valence-corrected chi connectivity index (χ1v) is 4.99. The van der Waals surface area contributed by atoms with Gasteiger partial charge in [-0.3, -0.25) is 0 Å². The largest absolute Gasteiger partial charge is 0.344 e.